The maximum absolute atomic E-state index is 5.58. The third-order valence-corrected chi connectivity index (χ3v) is 3.62. The number of nitrogens with zero attached hydrogens (tertiary/aromatic N) is 2. The molecule has 0 spiro atoms. The van der Waals surface area contributed by atoms with Crippen molar-refractivity contribution in [2.75, 3.05) is 13.7 Å². The van der Waals surface area contributed by atoms with Gasteiger partial charge >= 0.3 is 0 Å². The van der Waals surface area contributed by atoms with Crippen molar-refractivity contribution in [3.05, 3.63) is 52.6 Å². The smallest absolute Gasteiger partial charge is 0.133 e. The van der Waals surface area contributed by atoms with Crippen molar-refractivity contribution in [1.29, 1.82) is 0 Å². The van der Waals surface area contributed by atoms with Crippen molar-refractivity contribution in [2.45, 2.75) is 33.1 Å². The molecule has 0 fully saturated rings. The highest BCUT2D eigenvalue weighted by Gasteiger charge is 2.09. The van der Waals surface area contributed by atoms with Crippen LogP contribution in [0.2, 0.25) is 0 Å². The lowest BCUT2D eigenvalue weighted by Gasteiger charge is -2.11. The predicted octanol–water partition coefficient (Wildman–Crippen LogP) is 2.58. The van der Waals surface area contributed by atoms with Crippen LogP contribution >= 0.6 is 0 Å². The van der Waals surface area contributed by atoms with Crippen LogP contribution in [0.3, 0.4) is 0 Å². The summed E-state index contributed by atoms with van der Waals surface area (Å²) in [5.41, 5.74) is 10.1. The zero-order valence-corrected chi connectivity index (χ0v) is 13.0. The third kappa shape index (κ3) is 4.02. The number of rotatable bonds is 6. The van der Waals surface area contributed by atoms with Crippen LogP contribution in [0.1, 0.15) is 34.8 Å². The van der Waals surface area contributed by atoms with E-state index >= 15 is 0 Å². The van der Waals surface area contributed by atoms with Crippen molar-refractivity contribution >= 4 is 0 Å². The fourth-order valence-corrected chi connectivity index (χ4v) is 2.45. The molecule has 1 aromatic carbocycles. The zero-order valence-electron chi connectivity index (χ0n) is 13.0. The zero-order chi connectivity index (χ0) is 15.2. The van der Waals surface area contributed by atoms with E-state index in [9.17, 15) is 0 Å². The van der Waals surface area contributed by atoms with E-state index in [-0.39, 0.29) is 0 Å². The second kappa shape index (κ2) is 7.18. The van der Waals surface area contributed by atoms with E-state index in [2.05, 4.69) is 35.9 Å². The number of hydrogen-bond donors (Lipinski definition) is 1. The molecule has 0 bridgehead atoms. The molecular formula is C17H23N3O. The maximum Gasteiger partial charge on any atom is 0.133 e. The van der Waals surface area contributed by atoms with Crippen molar-refractivity contribution in [3.8, 4) is 5.75 Å². The van der Waals surface area contributed by atoms with E-state index in [4.69, 9.17) is 10.5 Å². The Balaban J connectivity index is 2.16. The van der Waals surface area contributed by atoms with Crippen LogP contribution in [0.25, 0.3) is 0 Å². The monoisotopic (exact) mass is 285 g/mol. The molecule has 0 radical (unpaired) electrons. The van der Waals surface area contributed by atoms with Gasteiger partial charge in [0, 0.05) is 17.8 Å². The van der Waals surface area contributed by atoms with Crippen LogP contribution < -0.4 is 10.5 Å². The minimum atomic E-state index is 0.701. The minimum absolute atomic E-state index is 0.701. The van der Waals surface area contributed by atoms with Gasteiger partial charge in [0.15, 0.2) is 0 Å². The van der Waals surface area contributed by atoms with Gasteiger partial charge in [-0.3, -0.25) is 0 Å². The lowest BCUT2D eigenvalue weighted by molar-refractivity contribution is 0.414. The molecule has 0 aliphatic heterocycles. The summed E-state index contributed by atoms with van der Waals surface area (Å²) in [7, 11) is 1.67. The van der Waals surface area contributed by atoms with Crippen LogP contribution in [0, 0.1) is 13.8 Å². The quantitative estimate of drug-likeness (QED) is 0.886. The number of aryl methyl sites for hydroxylation is 2. The van der Waals surface area contributed by atoms with Gasteiger partial charge in [-0.05, 0) is 56.5 Å². The molecule has 0 aliphatic rings. The minimum Gasteiger partial charge on any atom is -0.497 e. The van der Waals surface area contributed by atoms with E-state index in [0.29, 0.717) is 6.54 Å². The van der Waals surface area contributed by atoms with Crippen LogP contribution in [0.5, 0.6) is 5.75 Å². The standard InChI is InChI=1S/C17H23N3O/c1-12-16(5-4-10-18)13(2)20-17(19-12)11-14-6-8-15(21-3)9-7-14/h6-9H,4-5,10-11,18H2,1-3H3. The number of methoxy groups -OCH3 is 1. The lowest BCUT2D eigenvalue weighted by atomic mass is 10.1. The number of nitrogens with two attached hydrogens (primary N) is 1. The lowest BCUT2D eigenvalue weighted by Crippen LogP contribution is -2.08. The van der Waals surface area contributed by atoms with Crippen LogP contribution in [0.4, 0.5) is 0 Å². The van der Waals surface area contributed by atoms with Crippen molar-refractivity contribution < 1.29 is 4.74 Å². The van der Waals surface area contributed by atoms with E-state index in [1.54, 1.807) is 7.11 Å². The van der Waals surface area contributed by atoms with Gasteiger partial charge in [-0.15, -0.1) is 0 Å². The molecule has 0 unspecified atom stereocenters. The second-order valence-electron chi connectivity index (χ2n) is 5.21. The molecule has 0 saturated carbocycles. The highest BCUT2D eigenvalue weighted by molar-refractivity contribution is 5.30. The Morgan fingerprint density at radius 3 is 2.19 bits per heavy atom. The average Bonchev–Trinajstić information content (AvgIpc) is 2.47. The summed E-state index contributed by atoms with van der Waals surface area (Å²) in [6.07, 6.45) is 2.67. The number of benzene rings is 1. The normalized spacial score (nSPS) is 10.7. The van der Waals surface area contributed by atoms with E-state index < -0.39 is 0 Å². The molecule has 112 valence electrons. The SMILES string of the molecule is COc1ccc(Cc2nc(C)c(CCCN)c(C)n2)cc1. The fraction of sp³-hybridized carbons (Fsp3) is 0.412. The maximum atomic E-state index is 5.58. The van der Waals surface area contributed by atoms with Gasteiger partial charge in [0.1, 0.15) is 11.6 Å². The summed E-state index contributed by atoms with van der Waals surface area (Å²) >= 11 is 0. The topological polar surface area (TPSA) is 61.0 Å². The van der Waals surface area contributed by atoms with Gasteiger partial charge in [0.2, 0.25) is 0 Å². The van der Waals surface area contributed by atoms with Gasteiger partial charge in [-0.25, -0.2) is 9.97 Å². The first-order valence-corrected chi connectivity index (χ1v) is 7.30. The second-order valence-corrected chi connectivity index (χ2v) is 5.21. The highest BCUT2D eigenvalue weighted by atomic mass is 16.5. The Morgan fingerprint density at radius 2 is 1.67 bits per heavy atom. The van der Waals surface area contributed by atoms with Gasteiger partial charge in [-0.2, -0.15) is 0 Å². The Morgan fingerprint density at radius 1 is 1.05 bits per heavy atom. The molecule has 21 heavy (non-hydrogen) atoms. The predicted molar refractivity (Wildman–Crippen MR) is 84.7 cm³/mol. The summed E-state index contributed by atoms with van der Waals surface area (Å²) in [6, 6.07) is 8.03. The van der Waals surface area contributed by atoms with Crippen molar-refractivity contribution in [1.82, 2.24) is 9.97 Å². The number of ether oxygens (including phenoxy) is 1. The number of aromatic nitrogens is 2. The molecule has 1 aromatic heterocycles. The molecule has 1 heterocycles. The molecule has 2 N–H and O–H groups in total. The Bertz CT molecular complexity index is 570. The van der Waals surface area contributed by atoms with Crippen LogP contribution in [0.15, 0.2) is 24.3 Å². The Labute approximate surface area is 126 Å². The molecule has 0 atom stereocenters. The molecule has 0 saturated heterocycles. The fourth-order valence-electron chi connectivity index (χ4n) is 2.45. The highest BCUT2D eigenvalue weighted by Crippen LogP contribution is 2.16. The average molecular weight is 285 g/mol. The first-order chi connectivity index (χ1) is 10.1. The first kappa shape index (κ1) is 15.4. The molecular weight excluding hydrogens is 262 g/mol. The summed E-state index contributed by atoms with van der Waals surface area (Å²) < 4.78 is 5.17. The van der Waals surface area contributed by atoms with Crippen molar-refractivity contribution in [3.63, 3.8) is 0 Å². The van der Waals surface area contributed by atoms with Crippen LogP contribution in [-0.2, 0) is 12.8 Å². The van der Waals surface area contributed by atoms with E-state index in [1.807, 2.05) is 12.1 Å². The summed E-state index contributed by atoms with van der Waals surface area (Å²) in [4.78, 5) is 9.28. The van der Waals surface area contributed by atoms with E-state index in [1.165, 1.54) is 11.1 Å². The molecule has 0 amide bonds. The summed E-state index contributed by atoms with van der Waals surface area (Å²) in [6.45, 7) is 4.81. The Hall–Kier alpha value is -1.94. The largest absolute Gasteiger partial charge is 0.497 e. The van der Waals surface area contributed by atoms with Gasteiger partial charge < -0.3 is 10.5 Å². The van der Waals surface area contributed by atoms with Gasteiger partial charge in [-0.1, -0.05) is 12.1 Å². The Kier molecular flexibility index (Phi) is 5.28. The number of hydrogen-bond acceptors (Lipinski definition) is 4. The molecule has 2 aromatic rings. The molecule has 0 aliphatic carbocycles. The van der Waals surface area contributed by atoms with E-state index in [0.717, 1.165) is 42.2 Å². The first-order valence-electron chi connectivity index (χ1n) is 7.30. The molecule has 4 heteroatoms. The molecule has 2 rings (SSSR count). The molecule has 4 nitrogen and oxygen atoms in total. The van der Waals surface area contributed by atoms with Gasteiger partial charge in [0.05, 0.1) is 7.11 Å². The summed E-state index contributed by atoms with van der Waals surface area (Å²) in [5.74, 6) is 1.73. The third-order valence-electron chi connectivity index (χ3n) is 3.62. The van der Waals surface area contributed by atoms with Crippen molar-refractivity contribution in [2.24, 2.45) is 5.73 Å². The van der Waals surface area contributed by atoms with Crippen LogP contribution in [-0.4, -0.2) is 23.6 Å². The summed E-state index contributed by atoms with van der Waals surface area (Å²) in [5, 5.41) is 0. The van der Waals surface area contributed by atoms with Gasteiger partial charge in [0.25, 0.3) is 0 Å².